The maximum absolute atomic E-state index is 12.6. The molecule has 0 radical (unpaired) electrons. The van der Waals surface area contributed by atoms with Gasteiger partial charge in [0.15, 0.2) is 0 Å². The molecule has 1 aliphatic rings. The largest absolute Gasteiger partial charge is 0.480 e. The number of carboxylic acids is 1. The van der Waals surface area contributed by atoms with Crippen LogP contribution in [-0.2, 0) is 4.79 Å². The third-order valence-electron chi connectivity index (χ3n) is 3.71. The van der Waals surface area contributed by atoms with Gasteiger partial charge in [0.1, 0.15) is 6.04 Å². The molecule has 0 aliphatic carbocycles. The van der Waals surface area contributed by atoms with Crippen LogP contribution >= 0.6 is 0 Å². The predicted octanol–water partition coefficient (Wildman–Crippen LogP) is 1.41. The first-order valence-corrected chi connectivity index (χ1v) is 6.64. The van der Waals surface area contributed by atoms with Crippen LogP contribution < -0.4 is 0 Å². The van der Waals surface area contributed by atoms with Gasteiger partial charge in [0.25, 0.3) is 5.91 Å². The number of carbonyl (C=O) groups is 2. The van der Waals surface area contributed by atoms with E-state index in [9.17, 15) is 14.7 Å². The number of likely N-dealkylation sites (tertiary alicyclic amines) is 1. The van der Waals surface area contributed by atoms with Crippen LogP contribution in [0.2, 0.25) is 0 Å². The third kappa shape index (κ3) is 2.03. The second-order valence-corrected chi connectivity index (χ2v) is 4.94. The minimum Gasteiger partial charge on any atom is -0.480 e. The lowest BCUT2D eigenvalue weighted by Gasteiger charge is -2.32. The van der Waals surface area contributed by atoms with Crippen LogP contribution in [0.25, 0.3) is 5.52 Å². The van der Waals surface area contributed by atoms with Crippen molar-refractivity contribution in [2.45, 2.75) is 25.3 Å². The summed E-state index contributed by atoms with van der Waals surface area (Å²) in [7, 11) is 0. The van der Waals surface area contributed by atoms with E-state index in [4.69, 9.17) is 0 Å². The van der Waals surface area contributed by atoms with E-state index in [1.54, 1.807) is 16.8 Å². The molecule has 6 nitrogen and oxygen atoms in total. The van der Waals surface area contributed by atoms with Gasteiger partial charge < -0.3 is 10.0 Å². The fourth-order valence-corrected chi connectivity index (χ4v) is 2.69. The molecule has 2 aromatic heterocycles. The number of aliphatic carboxylic acids is 1. The summed E-state index contributed by atoms with van der Waals surface area (Å²) in [6.07, 6.45) is 5.46. The summed E-state index contributed by atoms with van der Waals surface area (Å²) >= 11 is 0. The van der Waals surface area contributed by atoms with E-state index in [-0.39, 0.29) is 5.91 Å². The van der Waals surface area contributed by atoms with Gasteiger partial charge in [-0.25, -0.2) is 9.31 Å². The summed E-state index contributed by atoms with van der Waals surface area (Å²) in [5, 5.41) is 13.4. The Morgan fingerprint density at radius 2 is 2.15 bits per heavy atom. The smallest absolute Gasteiger partial charge is 0.326 e. The van der Waals surface area contributed by atoms with Crippen molar-refractivity contribution in [3.63, 3.8) is 0 Å². The van der Waals surface area contributed by atoms with Crippen LogP contribution in [0.4, 0.5) is 0 Å². The molecule has 6 heteroatoms. The highest BCUT2D eigenvalue weighted by molar-refractivity contribution is 6.02. The number of carbonyl (C=O) groups excluding carboxylic acids is 1. The van der Waals surface area contributed by atoms with E-state index in [1.807, 2.05) is 12.1 Å². The summed E-state index contributed by atoms with van der Waals surface area (Å²) in [5.41, 5.74) is 1.16. The monoisotopic (exact) mass is 273 g/mol. The molecule has 3 heterocycles. The molecular formula is C14H15N3O3. The lowest BCUT2D eigenvalue weighted by Crippen LogP contribution is -2.47. The van der Waals surface area contributed by atoms with Crippen LogP contribution in [0.15, 0.2) is 30.6 Å². The molecule has 3 rings (SSSR count). The van der Waals surface area contributed by atoms with Crippen molar-refractivity contribution in [2.24, 2.45) is 0 Å². The number of fused-ring (bicyclic) bond motifs is 1. The van der Waals surface area contributed by atoms with E-state index in [1.165, 1.54) is 11.1 Å². The van der Waals surface area contributed by atoms with Crippen LogP contribution in [0.5, 0.6) is 0 Å². The summed E-state index contributed by atoms with van der Waals surface area (Å²) in [4.78, 5) is 25.3. The number of nitrogens with zero attached hydrogens (tertiary/aromatic N) is 3. The first-order chi connectivity index (χ1) is 9.68. The maximum Gasteiger partial charge on any atom is 0.326 e. The van der Waals surface area contributed by atoms with E-state index < -0.39 is 12.0 Å². The molecular weight excluding hydrogens is 258 g/mol. The number of aromatic nitrogens is 2. The van der Waals surface area contributed by atoms with Crippen LogP contribution in [-0.4, -0.2) is 44.1 Å². The Bertz CT molecular complexity index is 664. The highest BCUT2D eigenvalue weighted by Crippen LogP contribution is 2.21. The van der Waals surface area contributed by atoms with Crippen LogP contribution in [0, 0.1) is 0 Å². The highest BCUT2D eigenvalue weighted by Gasteiger charge is 2.33. The Morgan fingerprint density at radius 1 is 1.30 bits per heavy atom. The lowest BCUT2D eigenvalue weighted by molar-refractivity contribution is -0.143. The minimum absolute atomic E-state index is 0.252. The zero-order chi connectivity index (χ0) is 14.1. The fourth-order valence-electron chi connectivity index (χ4n) is 2.69. The number of pyridine rings is 1. The van der Waals surface area contributed by atoms with Gasteiger partial charge in [0.05, 0.1) is 17.3 Å². The molecule has 0 aromatic carbocycles. The van der Waals surface area contributed by atoms with Gasteiger partial charge in [-0.05, 0) is 31.4 Å². The lowest BCUT2D eigenvalue weighted by atomic mass is 10.0. The molecule has 1 atom stereocenters. The SMILES string of the molecule is O=C(O)[C@H]1CCCCN1C(=O)c1cnn2ccccc12. The Balaban J connectivity index is 1.96. The number of piperidine rings is 1. The maximum atomic E-state index is 12.6. The average molecular weight is 273 g/mol. The fraction of sp³-hybridized carbons (Fsp3) is 0.357. The van der Waals surface area contributed by atoms with Gasteiger partial charge in [-0.1, -0.05) is 6.07 Å². The van der Waals surface area contributed by atoms with E-state index in [0.29, 0.717) is 24.0 Å². The Labute approximate surface area is 115 Å². The molecule has 0 saturated carbocycles. The number of rotatable bonds is 2. The second-order valence-electron chi connectivity index (χ2n) is 4.94. The van der Waals surface area contributed by atoms with Crippen molar-refractivity contribution in [3.05, 3.63) is 36.2 Å². The van der Waals surface area contributed by atoms with Crippen LogP contribution in [0.3, 0.4) is 0 Å². The Morgan fingerprint density at radius 3 is 2.95 bits per heavy atom. The molecule has 1 N–H and O–H groups in total. The van der Waals surface area contributed by atoms with Gasteiger partial charge in [-0.3, -0.25) is 4.79 Å². The Hall–Kier alpha value is -2.37. The molecule has 0 bridgehead atoms. The van der Waals surface area contributed by atoms with E-state index >= 15 is 0 Å². The van der Waals surface area contributed by atoms with Crippen molar-refractivity contribution in [1.29, 1.82) is 0 Å². The summed E-state index contributed by atoms with van der Waals surface area (Å²) in [6, 6.07) is 4.74. The highest BCUT2D eigenvalue weighted by atomic mass is 16.4. The quantitative estimate of drug-likeness (QED) is 0.897. The standard InChI is InChI=1S/C14H15N3O3/c18-13(16-7-3-1-6-12(16)14(19)20)10-9-15-17-8-4-2-5-11(10)17/h2,4-5,8-9,12H,1,3,6-7H2,(H,19,20)/t12-/m1/s1. The summed E-state index contributed by atoms with van der Waals surface area (Å²) in [6.45, 7) is 0.486. The normalized spacial score (nSPS) is 19.2. The van der Waals surface area contributed by atoms with E-state index in [0.717, 1.165) is 12.8 Å². The van der Waals surface area contributed by atoms with Gasteiger partial charge in [-0.15, -0.1) is 0 Å². The van der Waals surface area contributed by atoms with Gasteiger partial charge in [0, 0.05) is 12.7 Å². The zero-order valence-electron chi connectivity index (χ0n) is 10.9. The first-order valence-electron chi connectivity index (χ1n) is 6.64. The average Bonchev–Trinajstić information content (AvgIpc) is 2.90. The van der Waals surface area contributed by atoms with Crippen molar-refractivity contribution in [2.75, 3.05) is 6.54 Å². The zero-order valence-corrected chi connectivity index (χ0v) is 10.9. The van der Waals surface area contributed by atoms with Crippen molar-refractivity contribution >= 4 is 17.4 Å². The van der Waals surface area contributed by atoms with E-state index in [2.05, 4.69) is 5.10 Å². The Kier molecular flexibility index (Phi) is 3.14. The van der Waals surface area contributed by atoms with Gasteiger partial charge in [0.2, 0.25) is 0 Å². The van der Waals surface area contributed by atoms with Crippen molar-refractivity contribution < 1.29 is 14.7 Å². The summed E-state index contributed by atoms with van der Waals surface area (Å²) in [5.74, 6) is -1.19. The topological polar surface area (TPSA) is 74.9 Å². The number of hydrogen-bond donors (Lipinski definition) is 1. The molecule has 2 aromatic rings. The molecule has 1 aliphatic heterocycles. The number of amides is 1. The molecule has 20 heavy (non-hydrogen) atoms. The minimum atomic E-state index is -0.936. The number of carboxylic acid groups (broad SMARTS) is 1. The van der Waals surface area contributed by atoms with Gasteiger partial charge >= 0.3 is 5.97 Å². The van der Waals surface area contributed by atoms with Crippen LogP contribution in [0.1, 0.15) is 29.6 Å². The molecule has 1 fully saturated rings. The second kappa shape index (κ2) is 4.96. The third-order valence-corrected chi connectivity index (χ3v) is 3.71. The molecule has 104 valence electrons. The molecule has 1 saturated heterocycles. The first kappa shape index (κ1) is 12.7. The van der Waals surface area contributed by atoms with Crippen molar-refractivity contribution in [1.82, 2.24) is 14.5 Å². The van der Waals surface area contributed by atoms with Crippen molar-refractivity contribution in [3.8, 4) is 0 Å². The predicted molar refractivity (Wildman–Crippen MR) is 71.5 cm³/mol. The summed E-state index contributed by atoms with van der Waals surface area (Å²) < 4.78 is 1.62. The molecule has 0 unspecified atom stereocenters. The molecule has 1 amide bonds. The number of hydrogen-bond acceptors (Lipinski definition) is 3. The molecule has 0 spiro atoms. The van der Waals surface area contributed by atoms with Gasteiger partial charge in [-0.2, -0.15) is 5.10 Å².